The molecule has 1 unspecified atom stereocenters. The second kappa shape index (κ2) is 10.4. The Kier molecular flexibility index (Phi) is 7.05. The number of piperidine rings is 1. The van der Waals surface area contributed by atoms with Gasteiger partial charge in [0, 0.05) is 55.2 Å². The van der Waals surface area contributed by atoms with Crippen LogP contribution in [0.15, 0.2) is 40.1 Å². The first-order valence-corrected chi connectivity index (χ1v) is 13.9. The molecule has 1 aromatic heterocycles. The van der Waals surface area contributed by atoms with Crippen molar-refractivity contribution in [2.75, 3.05) is 44.7 Å². The number of dihydropyridines is 1. The van der Waals surface area contributed by atoms with Crippen LogP contribution >= 0.6 is 0 Å². The van der Waals surface area contributed by atoms with Gasteiger partial charge >= 0.3 is 6.18 Å². The smallest absolute Gasteiger partial charge is 0.379 e. The Bertz CT molecular complexity index is 1170. The maximum atomic E-state index is 13.2. The van der Waals surface area contributed by atoms with E-state index in [-0.39, 0.29) is 24.0 Å². The molecule has 0 saturated carbocycles. The highest BCUT2D eigenvalue weighted by Crippen LogP contribution is 2.39. The Morgan fingerprint density at radius 2 is 1.92 bits per heavy atom. The zero-order chi connectivity index (χ0) is 27.2. The van der Waals surface area contributed by atoms with Crippen LogP contribution in [0.4, 0.5) is 19.0 Å². The van der Waals surface area contributed by atoms with Crippen LogP contribution in [0, 0.1) is 12.8 Å². The van der Waals surface area contributed by atoms with Crippen LogP contribution in [-0.2, 0) is 4.74 Å². The highest BCUT2D eigenvalue weighted by molar-refractivity contribution is 6.01. The minimum absolute atomic E-state index is 0.0568. The Hall–Kier alpha value is -2.70. The van der Waals surface area contributed by atoms with Crippen LogP contribution in [0.3, 0.4) is 0 Å². The van der Waals surface area contributed by atoms with Crippen LogP contribution in [0.2, 0.25) is 0 Å². The van der Waals surface area contributed by atoms with Crippen molar-refractivity contribution < 1.29 is 17.9 Å². The number of amidine groups is 1. The topological polar surface area (TPSA) is 93.2 Å². The average Bonchev–Trinajstić information content (AvgIpc) is 3.35. The molecule has 3 N–H and O–H groups in total. The summed E-state index contributed by atoms with van der Waals surface area (Å²) in [6.07, 6.45) is 5.14. The van der Waals surface area contributed by atoms with Crippen molar-refractivity contribution in [2.45, 2.75) is 69.4 Å². The standard InChI is InChI=1S/C27H37F3N8O/c1-17-11-23(36-35-17)32-24-14-26(2)22(6-3-18(34-26)15-37-7-9-39-10-8-37)25(33-24)31-19-12-20-4-5-21(13-19)38(20)16-27(28,29)30/h3,6,11,14,19-22H,4-5,7-10,12-13,15-16H2,1-2H3,(H,31,33)(H2,32,35,36)/t19-,20-,21+,22?,26-/m1/s1. The fraction of sp³-hybridized carbons (Fsp3) is 0.667. The molecule has 3 fully saturated rings. The van der Waals surface area contributed by atoms with Crippen molar-refractivity contribution in [3.05, 3.63) is 35.8 Å². The number of aromatic amines is 1. The fourth-order valence-electron chi connectivity index (χ4n) is 6.76. The van der Waals surface area contributed by atoms with E-state index in [1.165, 1.54) is 0 Å². The molecule has 212 valence electrons. The van der Waals surface area contributed by atoms with Crippen molar-refractivity contribution in [3.8, 4) is 0 Å². The first-order chi connectivity index (χ1) is 18.6. The molecule has 3 saturated heterocycles. The van der Waals surface area contributed by atoms with Crippen LogP contribution in [0.1, 0.15) is 38.3 Å². The summed E-state index contributed by atoms with van der Waals surface area (Å²) in [5, 5.41) is 14.2. The van der Waals surface area contributed by atoms with Gasteiger partial charge in [0.2, 0.25) is 0 Å². The molecule has 12 heteroatoms. The number of alkyl halides is 3. The van der Waals surface area contributed by atoms with E-state index in [0.717, 1.165) is 62.9 Å². The van der Waals surface area contributed by atoms with Gasteiger partial charge < -0.3 is 15.4 Å². The van der Waals surface area contributed by atoms with E-state index in [2.05, 4.69) is 50.9 Å². The van der Waals surface area contributed by atoms with Crippen molar-refractivity contribution in [2.24, 2.45) is 15.9 Å². The monoisotopic (exact) mass is 546 g/mol. The SMILES string of the molecule is Cc1cc(NC2=C[C@@]3(C)N=C(CN4CCOCC4)C=CC3C(N[C@@H]3C[C@H]4CC[C@@H](C3)N4CC(F)(F)F)=N2)n[nH]1. The van der Waals surface area contributed by atoms with E-state index in [9.17, 15) is 13.2 Å². The molecule has 0 aliphatic carbocycles. The molecular weight excluding hydrogens is 509 g/mol. The van der Waals surface area contributed by atoms with Gasteiger partial charge in [-0.05, 0) is 51.7 Å². The molecule has 0 radical (unpaired) electrons. The van der Waals surface area contributed by atoms with Crippen molar-refractivity contribution in [1.29, 1.82) is 0 Å². The van der Waals surface area contributed by atoms with Gasteiger partial charge in [-0.25, -0.2) is 4.99 Å². The Labute approximate surface area is 226 Å². The molecule has 1 aromatic rings. The van der Waals surface area contributed by atoms with Crippen LogP contribution < -0.4 is 10.6 Å². The number of aryl methyl sites for hydroxylation is 1. The third-order valence-corrected chi connectivity index (χ3v) is 8.51. The number of aromatic nitrogens is 2. The van der Waals surface area contributed by atoms with Crippen molar-refractivity contribution in [3.63, 3.8) is 0 Å². The lowest BCUT2D eigenvalue weighted by Crippen LogP contribution is -2.55. The quantitative estimate of drug-likeness (QED) is 0.508. The number of fused-ring (bicyclic) bond motifs is 3. The number of aliphatic imine (C=N–C) groups is 2. The maximum Gasteiger partial charge on any atom is 0.401 e. The van der Waals surface area contributed by atoms with E-state index in [1.807, 2.05) is 13.0 Å². The average molecular weight is 547 g/mol. The van der Waals surface area contributed by atoms with Gasteiger partial charge in [0.15, 0.2) is 5.82 Å². The molecule has 0 spiro atoms. The zero-order valence-corrected chi connectivity index (χ0v) is 22.5. The lowest BCUT2D eigenvalue weighted by atomic mass is 9.80. The van der Waals surface area contributed by atoms with E-state index in [4.69, 9.17) is 14.7 Å². The second-order valence-corrected chi connectivity index (χ2v) is 11.6. The van der Waals surface area contributed by atoms with Gasteiger partial charge in [0.05, 0.1) is 31.2 Å². The van der Waals surface area contributed by atoms with Gasteiger partial charge in [-0.2, -0.15) is 18.3 Å². The van der Waals surface area contributed by atoms with E-state index < -0.39 is 18.3 Å². The van der Waals surface area contributed by atoms with Crippen molar-refractivity contribution in [1.82, 2.24) is 25.3 Å². The van der Waals surface area contributed by atoms with E-state index in [0.29, 0.717) is 24.5 Å². The second-order valence-electron chi connectivity index (χ2n) is 11.6. The molecule has 0 aromatic carbocycles. The number of rotatable bonds is 6. The molecule has 5 aliphatic heterocycles. The van der Waals surface area contributed by atoms with Crippen molar-refractivity contribution >= 4 is 17.4 Å². The predicted molar refractivity (Wildman–Crippen MR) is 144 cm³/mol. The summed E-state index contributed by atoms with van der Waals surface area (Å²) in [6.45, 7) is 7.24. The van der Waals surface area contributed by atoms with Crippen LogP contribution in [0.5, 0.6) is 0 Å². The summed E-state index contributed by atoms with van der Waals surface area (Å²) in [4.78, 5) is 14.2. The molecule has 6 heterocycles. The van der Waals surface area contributed by atoms with Crippen LogP contribution in [0.25, 0.3) is 0 Å². The third-order valence-electron chi connectivity index (χ3n) is 8.51. The summed E-state index contributed by atoms with van der Waals surface area (Å²) < 4.78 is 45.1. The summed E-state index contributed by atoms with van der Waals surface area (Å²) in [5.74, 6) is 2.04. The number of morpholine rings is 1. The largest absolute Gasteiger partial charge is 0.401 e. The van der Waals surface area contributed by atoms with E-state index >= 15 is 0 Å². The fourth-order valence-corrected chi connectivity index (χ4v) is 6.76. The minimum Gasteiger partial charge on any atom is -0.379 e. The predicted octanol–water partition coefficient (Wildman–Crippen LogP) is 3.25. The Morgan fingerprint density at radius 1 is 1.18 bits per heavy atom. The number of H-pyrrole nitrogens is 1. The van der Waals surface area contributed by atoms with Gasteiger partial charge in [0.1, 0.15) is 11.7 Å². The molecule has 2 bridgehead atoms. The number of hydrogen-bond acceptors (Lipinski definition) is 8. The highest BCUT2D eigenvalue weighted by atomic mass is 19.4. The third kappa shape index (κ3) is 5.92. The molecule has 5 aliphatic rings. The Morgan fingerprint density at radius 3 is 2.59 bits per heavy atom. The minimum atomic E-state index is -4.17. The number of halogens is 3. The molecule has 0 amide bonds. The number of anilines is 1. The molecule has 39 heavy (non-hydrogen) atoms. The van der Waals surface area contributed by atoms with E-state index in [1.54, 1.807) is 4.90 Å². The number of hydrogen-bond donors (Lipinski definition) is 3. The number of nitrogens with zero attached hydrogens (tertiary/aromatic N) is 5. The van der Waals surface area contributed by atoms with Gasteiger partial charge in [-0.3, -0.25) is 19.9 Å². The summed E-state index contributed by atoms with van der Waals surface area (Å²) in [5.41, 5.74) is 1.39. The van der Waals surface area contributed by atoms with Crippen LogP contribution in [-0.4, -0.2) is 101 Å². The molecular formula is C27H37F3N8O. The summed E-state index contributed by atoms with van der Waals surface area (Å²) in [7, 11) is 0. The lowest BCUT2D eigenvalue weighted by Gasteiger charge is -2.42. The van der Waals surface area contributed by atoms with Gasteiger partial charge in [-0.15, -0.1) is 0 Å². The normalized spacial score (nSPS) is 33.3. The van der Waals surface area contributed by atoms with Gasteiger partial charge in [-0.1, -0.05) is 6.08 Å². The Balaban J connectivity index is 1.22. The molecule has 9 nitrogen and oxygen atoms in total. The van der Waals surface area contributed by atoms with Gasteiger partial charge in [0.25, 0.3) is 0 Å². The molecule has 6 rings (SSSR count). The maximum absolute atomic E-state index is 13.2. The number of nitrogens with one attached hydrogen (secondary N) is 3. The molecule has 5 atom stereocenters. The first kappa shape index (κ1) is 26.5. The summed E-state index contributed by atoms with van der Waals surface area (Å²) in [6, 6.07) is 1.87. The zero-order valence-electron chi connectivity index (χ0n) is 22.5. The first-order valence-electron chi connectivity index (χ1n) is 13.9. The number of ether oxygens (including phenoxy) is 1. The highest BCUT2D eigenvalue weighted by Gasteiger charge is 2.47. The summed E-state index contributed by atoms with van der Waals surface area (Å²) >= 11 is 0. The lowest BCUT2D eigenvalue weighted by molar-refractivity contribution is -0.155.